The quantitative estimate of drug-likeness (QED) is 0.830. The molecular formula is C18H30N2. The van der Waals surface area contributed by atoms with Gasteiger partial charge in [-0.3, -0.25) is 0 Å². The topological polar surface area (TPSA) is 15.3 Å². The highest BCUT2D eigenvalue weighted by Crippen LogP contribution is 2.27. The highest BCUT2D eigenvalue weighted by atomic mass is 15.2. The van der Waals surface area contributed by atoms with Crippen molar-refractivity contribution in [3.63, 3.8) is 0 Å². The summed E-state index contributed by atoms with van der Waals surface area (Å²) in [4.78, 5) is 2.60. The summed E-state index contributed by atoms with van der Waals surface area (Å²) in [7, 11) is 0. The minimum Gasteiger partial charge on any atom is -0.369 e. The van der Waals surface area contributed by atoms with Crippen molar-refractivity contribution < 1.29 is 0 Å². The van der Waals surface area contributed by atoms with Gasteiger partial charge < -0.3 is 10.2 Å². The van der Waals surface area contributed by atoms with Crippen LogP contribution in [0.15, 0.2) is 24.3 Å². The first kappa shape index (κ1) is 15.4. The lowest BCUT2D eigenvalue weighted by molar-refractivity contribution is 0.418. The third-order valence-corrected chi connectivity index (χ3v) is 4.34. The predicted octanol–water partition coefficient (Wildman–Crippen LogP) is 4.34. The van der Waals surface area contributed by atoms with Gasteiger partial charge in [0.15, 0.2) is 0 Å². The fourth-order valence-corrected chi connectivity index (χ4v) is 3.17. The average molecular weight is 274 g/mol. The Morgan fingerprint density at radius 2 is 1.75 bits per heavy atom. The molecule has 0 aromatic heterocycles. The van der Waals surface area contributed by atoms with E-state index < -0.39 is 0 Å². The Balaban J connectivity index is 1.99. The van der Waals surface area contributed by atoms with E-state index in [1.54, 1.807) is 0 Å². The molecule has 112 valence electrons. The van der Waals surface area contributed by atoms with E-state index in [0.717, 1.165) is 19.1 Å². The molecular weight excluding hydrogens is 244 g/mol. The molecule has 0 heterocycles. The number of anilines is 1. The van der Waals surface area contributed by atoms with Crippen LogP contribution < -0.4 is 10.2 Å². The molecule has 20 heavy (non-hydrogen) atoms. The van der Waals surface area contributed by atoms with E-state index in [4.69, 9.17) is 0 Å². The number of rotatable bonds is 6. The fraction of sp³-hybridized carbons (Fsp3) is 0.667. The van der Waals surface area contributed by atoms with Gasteiger partial charge >= 0.3 is 0 Å². The molecule has 2 rings (SSSR count). The lowest BCUT2D eigenvalue weighted by Crippen LogP contribution is -2.36. The SMILES string of the molecule is CCN(c1ccc(CNC(C)C)cc1)C1CCCCC1. The molecule has 0 spiro atoms. The van der Waals surface area contributed by atoms with Crippen molar-refractivity contribution in [3.8, 4) is 0 Å². The highest BCUT2D eigenvalue weighted by molar-refractivity contribution is 5.48. The second-order valence-corrected chi connectivity index (χ2v) is 6.28. The van der Waals surface area contributed by atoms with Crippen LogP contribution in [0.1, 0.15) is 58.4 Å². The number of hydrogen-bond donors (Lipinski definition) is 1. The molecule has 0 amide bonds. The minimum atomic E-state index is 0.545. The fourth-order valence-electron chi connectivity index (χ4n) is 3.17. The lowest BCUT2D eigenvalue weighted by Gasteiger charge is -2.35. The number of hydrogen-bond acceptors (Lipinski definition) is 2. The molecule has 1 fully saturated rings. The van der Waals surface area contributed by atoms with Crippen LogP contribution in [0.25, 0.3) is 0 Å². The van der Waals surface area contributed by atoms with Gasteiger partial charge in [-0.1, -0.05) is 45.2 Å². The minimum absolute atomic E-state index is 0.545. The Bertz CT molecular complexity index is 377. The van der Waals surface area contributed by atoms with Gasteiger partial charge in [0.2, 0.25) is 0 Å². The average Bonchev–Trinajstić information content (AvgIpc) is 2.48. The van der Waals surface area contributed by atoms with Gasteiger partial charge in [0.05, 0.1) is 0 Å². The van der Waals surface area contributed by atoms with Crippen molar-refractivity contribution in [3.05, 3.63) is 29.8 Å². The van der Waals surface area contributed by atoms with Crippen LogP contribution in [-0.4, -0.2) is 18.6 Å². The van der Waals surface area contributed by atoms with Crippen molar-refractivity contribution >= 4 is 5.69 Å². The molecule has 2 heteroatoms. The Labute approximate surface area is 124 Å². The number of nitrogens with one attached hydrogen (secondary N) is 1. The smallest absolute Gasteiger partial charge is 0.0368 e. The Kier molecular flexibility index (Phi) is 5.90. The molecule has 1 aliphatic carbocycles. The Morgan fingerprint density at radius 3 is 2.30 bits per heavy atom. The van der Waals surface area contributed by atoms with E-state index in [1.807, 2.05) is 0 Å². The molecule has 0 aliphatic heterocycles. The molecule has 1 N–H and O–H groups in total. The van der Waals surface area contributed by atoms with Crippen LogP contribution in [0, 0.1) is 0 Å². The van der Waals surface area contributed by atoms with Crippen LogP contribution in [0.3, 0.4) is 0 Å². The zero-order valence-electron chi connectivity index (χ0n) is 13.4. The molecule has 1 aromatic carbocycles. The van der Waals surface area contributed by atoms with Crippen LogP contribution in [0.2, 0.25) is 0 Å². The normalized spacial score (nSPS) is 16.6. The summed E-state index contributed by atoms with van der Waals surface area (Å²) in [6, 6.07) is 10.5. The zero-order chi connectivity index (χ0) is 14.4. The summed E-state index contributed by atoms with van der Waals surface area (Å²) in [6.07, 6.45) is 6.96. The number of nitrogens with zero attached hydrogens (tertiary/aromatic N) is 1. The molecule has 2 nitrogen and oxygen atoms in total. The maximum absolute atomic E-state index is 3.47. The zero-order valence-corrected chi connectivity index (χ0v) is 13.4. The van der Waals surface area contributed by atoms with Gasteiger partial charge in [-0.2, -0.15) is 0 Å². The molecule has 0 saturated heterocycles. The second kappa shape index (κ2) is 7.68. The largest absolute Gasteiger partial charge is 0.369 e. The summed E-state index contributed by atoms with van der Waals surface area (Å²) in [5.74, 6) is 0. The first-order valence-corrected chi connectivity index (χ1v) is 8.29. The summed E-state index contributed by atoms with van der Waals surface area (Å²) >= 11 is 0. The Morgan fingerprint density at radius 1 is 1.10 bits per heavy atom. The van der Waals surface area contributed by atoms with Crippen LogP contribution >= 0.6 is 0 Å². The van der Waals surface area contributed by atoms with E-state index in [1.165, 1.54) is 43.4 Å². The van der Waals surface area contributed by atoms with Crippen LogP contribution in [0.4, 0.5) is 5.69 Å². The molecule has 1 aliphatic rings. The molecule has 0 bridgehead atoms. The van der Waals surface area contributed by atoms with E-state index >= 15 is 0 Å². The van der Waals surface area contributed by atoms with Crippen LogP contribution in [-0.2, 0) is 6.54 Å². The Hall–Kier alpha value is -1.02. The summed E-state index contributed by atoms with van der Waals surface area (Å²) < 4.78 is 0. The summed E-state index contributed by atoms with van der Waals surface area (Å²) in [5, 5.41) is 3.47. The highest BCUT2D eigenvalue weighted by Gasteiger charge is 2.19. The van der Waals surface area contributed by atoms with Crippen LogP contribution in [0.5, 0.6) is 0 Å². The second-order valence-electron chi connectivity index (χ2n) is 6.28. The van der Waals surface area contributed by atoms with Gasteiger partial charge in [0, 0.05) is 30.9 Å². The summed E-state index contributed by atoms with van der Waals surface area (Å²) in [5.41, 5.74) is 2.77. The molecule has 1 saturated carbocycles. The standard InChI is InChI=1S/C18H30N2/c1-4-20(17-8-6-5-7-9-17)18-12-10-16(11-13-18)14-19-15(2)3/h10-13,15,17,19H,4-9,14H2,1-3H3. The van der Waals surface area contributed by atoms with E-state index in [-0.39, 0.29) is 0 Å². The van der Waals surface area contributed by atoms with Gasteiger partial charge in [-0.15, -0.1) is 0 Å². The molecule has 0 unspecified atom stereocenters. The third kappa shape index (κ3) is 4.24. The summed E-state index contributed by atoms with van der Waals surface area (Å²) in [6.45, 7) is 8.75. The number of benzene rings is 1. The van der Waals surface area contributed by atoms with Crippen molar-refractivity contribution in [1.29, 1.82) is 0 Å². The molecule has 0 atom stereocenters. The van der Waals surface area contributed by atoms with Gasteiger partial charge in [0.1, 0.15) is 0 Å². The van der Waals surface area contributed by atoms with Gasteiger partial charge in [-0.05, 0) is 37.5 Å². The third-order valence-electron chi connectivity index (χ3n) is 4.34. The molecule has 1 aromatic rings. The first-order chi connectivity index (χ1) is 9.70. The van der Waals surface area contributed by atoms with Gasteiger partial charge in [0.25, 0.3) is 0 Å². The van der Waals surface area contributed by atoms with E-state index in [2.05, 4.69) is 55.3 Å². The van der Waals surface area contributed by atoms with Gasteiger partial charge in [-0.25, -0.2) is 0 Å². The van der Waals surface area contributed by atoms with Crippen molar-refractivity contribution in [2.45, 2.75) is 71.5 Å². The monoisotopic (exact) mass is 274 g/mol. The van der Waals surface area contributed by atoms with Crippen molar-refractivity contribution in [1.82, 2.24) is 5.32 Å². The maximum atomic E-state index is 3.47. The van der Waals surface area contributed by atoms with E-state index in [0.29, 0.717) is 6.04 Å². The maximum Gasteiger partial charge on any atom is 0.0368 e. The van der Waals surface area contributed by atoms with E-state index in [9.17, 15) is 0 Å². The first-order valence-electron chi connectivity index (χ1n) is 8.29. The lowest BCUT2D eigenvalue weighted by atomic mass is 9.93. The van der Waals surface area contributed by atoms with Crippen molar-refractivity contribution in [2.75, 3.05) is 11.4 Å². The predicted molar refractivity (Wildman–Crippen MR) is 88.3 cm³/mol. The van der Waals surface area contributed by atoms with Crippen molar-refractivity contribution in [2.24, 2.45) is 0 Å². The molecule has 0 radical (unpaired) electrons.